The Morgan fingerprint density at radius 2 is 0.328 bits per heavy atom. The van der Waals surface area contributed by atoms with Crippen LogP contribution in [-0.2, 0) is 107 Å². The predicted molar refractivity (Wildman–Crippen MR) is 466 cm³/mol. The molecule has 0 heterocycles. The largest absolute Gasteiger partial charge is 3.00 e. The molecule has 0 saturated heterocycles. The van der Waals surface area contributed by atoms with Gasteiger partial charge in [0.25, 0.3) is 0 Å². The summed E-state index contributed by atoms with van der Waals surface area (Å²) in [5.74, 6) is 0.571. The van der Waals surface area contributed by atoms with Gasteiger partial charge in [-0.3, -0.25) is 38.4 Å². The van der Waals surface area contributed by atoms with Gasteiger partial charge in [-0.25, -0.2) is 0 Å². The zero-order chi connectivity index (χ0) is 95.7. The summed E-state index contributed by atoms with van der Waals surface area (Å²) >= 11 is 2.77. The summed E-state index contributed by atoms with van der Waals surface area (Å²) in [5, 5.41) is 134. The van der Waals surface area contributed by atoms with Crippen molar-refractivity contribution in [1.82, 2.24) is 0 Å². The minimum Gasteiger partial charge on any atom is -0.875 e. The molecule has 0 aromatic rings. The van der Waals surface area contributed by atoms with E-state index >= 15 is 0 Å². The van der Waals surface area contributed by atoms with Crippen molar-refractivity contribution in [3.8, 4) is 0 Å². The Bertz CT molecular complexity index is 2620. The average Bonchev–Trinajstić information content (AvgIpc) is 0.875. The summed E-state index contributed by atoms with van der Waals surface area (Å²) in [5.41, 5.74) is -7.56. The molecular weight excluding hydrogens is 1760 g/mol. The molecule has 0 saturated carbocycles. The summed E-state index contributed by atoms with van der Waals surface area (Å²) in [6.45, 7) is 65.0. The van der Waals surface area contributed by atoms with Crippen molar-refractivity contribution in [3.63, 3.8) is 0 Å². The van der Waals surface area contributed by atoms with Crippen molar-refractivity contribution in [3.05, 3.63) is 71.0 Å². The molecule has 26 heteroatoms. The van der Waals surface area contributed by atoms with Crippen LogP contribution in [0, 0.1) is 75.8 Å². The number of hydrogen-bond donors (Lipinski definition) is 0. The van der Waals surface area contributed by atoms with Gasteiger partial charge in [-0.1, -0.05) is 373 Å². The maximum absolute atomic E-state index is 11.4. The monoisotopic (exact) mass is 1920 g/mol. The van der Waals surface area contributed by atoms with E-state index in [0.717, 1.165) is 101 Å². The molecule has 0 amide bonds. The molecule has 714 valence electrons. The van der Waals surface area contributed by atoms with Crippen LogP contribution in [0.4, 0.5) is 0 Å². The molecule has 0 spiro atoms. The van der Waals surface area contributed by atoms with Crippen molar-refractivity contribution < 1.29 is 168 Å². The van der Waals surface area contributed by atoms with Gasteiger partial charge in [0.1, 0.15) is 0 Å². The smallest absolute Gasteiger partial charge is 0.875 e. The van der Waals surface area contributed by atoms with Crippen LogP contribution in [0.3, 0.4) is 0 Å². The van der Waals surface area contributed by atoms with Gasteiger partial charge < -0.3 is 61.3 Å². The van der Waals surface area contributed by atoms with Crippen LogP contribution in [0.25, 0.3) is 0 Å². The molecule has 0 aromatic heterocycles. The minimum absolute atomic E-state index is 0. The molecule has 0 aliphatic rings. The van der Waals surface area contributed by atoms with Gasteiger partial charge in [-0.2, -0.15) is 0 Å². The van der Waals surface area contributed by atoms with Crippen molar-refractivity contribution >= 4 is 68.5 Å². The second-order valence-electron chi connectivity index (χ2n) is 43.2. The van der Waals surface area contributed by atoms with Crippen molar-refractivity contribution in [2.75, 3.05) is 51.1 Å². The molecule has 0 fully saturated rings. The number of rotatable bonds is 32. The molecule has 4 radical (unpaired) electrons. The van der Waals surface area contributed by atoms with Crippen molar-refractivity contribution in [2.45, 2.75) is 366 Å². The quantitative estimate of drug-likeness (QED) is 0.0261. The van der Waals surface area contributed by atoms with E-state index in [1.165, 1.54) is 60.0 Å². The van der Waals surface area contributed by atoms with Crippen LogP contribution < -0.4 is 61.3 Å². The van der Waals surface area contributed by atoms with Gasteiger partial charge in [-0.15, -0.1) is 74.2 Å². The van der Waals surface area contributed by atoms with Crippen LogP contribution >= 0.6 is 23.5 Å². The van der Waals surface area contributed by atoms with Gasteiger partial charge in [0.15, 0.2) is 44.9 Å². The molecule has 122 heavy (non-hydrogen) atoms. The standard InChI is InChI=1S/2C15H27O4S.6C11H20O2.Cr.3Fe/c2*1-14(19)20-10-8-6-4-2-3-5-7-9-15(11-16,12-17)13-18;6*1-10(2,3)8(12)7-9(13)11(4,5)6;;;;/h2*2-13H2,1H3;6*7,12H,1-6H3;;;;/q2*-3;;;;;;;4*+3/p-6/b;;6*8-7-;;;;. The number of ketones is 6. The fourth-order valence-electron chi connectivity index (χ4n) is 7.40. The second kappa shape index (κ2) is 67.4. The van der Waals surface area contributed by atoms with Crippen molar-refractivity contribution in [1.29, 1.82) is 0 Å². The Morgan fingerprint density at radius 3 is 0.426 bits per heavy atom. The number of thioether (sulfide) groups is 2. The van der Waals surface area contributed by atoms with Crippen LogP contribution in [0.1, 0.15) is 366 Å². The molecular formula is C96H168CrFe3O20S2. The predicted octanol–water partition coefficient (Wildman–Crippen LogP) is 12.2. The van der Waals surface area contributed by atoms with Crippen LogP contribution in [0.2, 0.25) is 0 Å². The summed E-state index contributed by atoms with van der Waals surface area (Å²) in [6.07, 6.45) is 23.1. The fourth-order valence-corrected chi connectivity index (χ4v) is 8.67. The zero-order valence-corrected chi connectivity index (χ0v) is 89.1. The summed E-state index contributed by atoms with van der Waals surface area (Å²) in [4.78, 5) is 90.1. The first kappa shape index (κ1) is 145. The number of carbonyl (C=O) groups is 8. The molecule has 0 unspecified atom stereocenters. The van der Waals surface area contributed by atoms with Crippen LogP contribution in [0.15, 0.2) is 71.0 Å². The Hall–Kier alpha value is -2.85. The van der Waals surface area contributed by atoms with E-state index in [1.807, 2.05) is 249 Å². The van der Waals surface area contributed by atoms with Crippen LogP contribution in [0.5, 0.6) is 0 Å². The van der Waals surface area contributed by atoms with E-state index in [1.54, 1.807) is 13.8 Å². The Labute approximate surface area is 794 Å². The summed E-state index contributed by atoms with van der Waals surface area (Å²) < 4.78 is 0. The molecule has 20 nitrogen and oxygen atoms in total. The molecule has 0 aliphatic carbocycles. The first-order valence-electron chi connectivity index (χ1n) is 41.9. The van der Waals surface area contributed by atoms with Gasteiger partial charge in [0, 0.05) is 57.8 Å². The third kappa shape index (κ3) is 81.6. The van der Waals surface area contributed by atoms with E-state index in [-0.39, 0.29) is 148 Å². The Kier molecular flexibility index (Phi) is 80.0. The minimum atomic E-state index is -1.04. The SMILES string of the molecule is CC(=O)SCCCCCCCCCC(C[O-])(C[O-])C[O-].CC(=O)SCCCCCCCCCC(C[O-])(C[O-])C[O-].CC(C)(C)C(=O)/C=C(\[O-])C(C)(C)C.CC(C)(C)C(=O)/C=C(\[O-])C(C)(C)C.CC(C)(C)C(=O)/C=C(\[O-])C(C)(C)C.CC(C)(C)C(=O)/C=C(\[O-])C(C)(C)C.CC(C)(C)C(=O)/C=C(\[O-])C(C)(C)C.CC(C)(C)C(=O)/C=C(\[O-])C(C)(C)C.[Cr+3].[Fe+3].[Fe+3].[Fe+3]. The number of carbonyl (C=O) groups excluding carboxylic acids is 8. The molecule has 0 aliphatic heterocycles. The molecule has 0 rings (SSSR count). The fraction of sp³-hybridized carbons (Fsp3) is 0.792. The van der Waals surface area contributed by atoms with Gasteiger partial charge in [0.05, 0.1) is 0 Å². The molecule has 0 aromatic carbocycles. The third-order valence-corrected chi connectivity index (χ3v) is 19.4. The maximum Gasteiger partial charge on any atom is 3.00 e. The van der Waals surface area contributed by atoms with Gasteiger partial charge in [-0.05, 0) is 81.8 Å². The average molecular weight is 1930 g/mol. The Morgan fingerprint density at radius 1 is 0.213 bits per heavy atom. The van der Waals surface area contributed by atoms with Gasteiger partial charge >= 0.3 is 68.6 Å². The van der Waals surface area contributed by atoms with E-state index in [0.29, 0.717) is 12.8 Å². The first-order chi connectivity index (χ1) is 52.5. The molecule has 0 atom stereocenters. The third-order valence-electron chi connectivity index (χ3n) is 17.6. The first-order valence-corrected chi connectivity index (χ1v) is 43.8. The molecule has 0 bridgehead atoms. The van der Waals surface area contributed by atoms with E-state index in [4.69, 9.17) is 0 Å². The zero-order valence-electron chi connectivity index (χ0n) is 82.9. The topological polar surface area (TPSA) is 413 Å². The van der Waals surface area contributed by atoms with E-state index < -0.39 is 115 Å². The Balaban J connectivity index is -0.000000114. The number of unbranched alkanes of at least 4 members (excludes halogenated alkanes) is 12. The van der Waals surface area contributed by atoms with Crippen molar-refractivity contribution in [2.24, 2.45) is 75.8 Å². The number of allylic oxidation sites excluding steroid dienone is 12. The van der Waals surface area contributed by atoms with Gasteiger partial charge in [0.2, 0.25) is 0 Å². The summed E-state index contributed by atoms with van der Waals surface area (Å²) in [6, 6.07) is 0. The summed E-state index contributed by atoms with van der Waals surface area (Å²) in [7, 11) is 0. The van der Waals surface area contributed by atoms with E-state index in [2.05, 4.69) is 0 Å². The van der Waals surface area contributed by atoms with Crippen LogP contribution in [-0.4, -0.2) is 96.1 Å². The maximum atomic E-state index is 11.4. The van der Waals surface area contributed by atoms with E-state index in [9.17, 15) is 99.6 Å². The normalized spacial score (nSPS) is 13.1. The number of hydrogen-bond acceptors (Lipinski definition) is 22. The second-order valence-corrected chi connectivity index (χ2v) is 45.8. The molecule has 0 N–H and O–H groups in total.